The van der Waals surface area contributed by atoms with Crippen LogP contribution in [0.3, 0.4) is 0 Å². The molecule has 2 unspecified atom stereocenters. The van der Waals surface area contributed by atoms with Crippen LogP contribution in [0.15, 0.2) is 12.1 Å². The first-order valence-corrected chi connectivity index (χ1v) is 6.11. The summed E-state index contributed by atoms with van der Waals surface area (Å²) >= 11 is 0. The summed E-state index contributed by atoms with van der Waals surface area (Å²) in [4.78, 5) is 6.61. The van der Waals surface area contributed by atoms with Gasteiger partial charge in [0.2, 0.25) is 0 Å². The van der Waals surface area contributed by atoms with Gasteiger partial charge in [-0.1, -0.05) is 0 Å². The first-order valence-electron chi connectivity index (χ1n) is 6.11. The maximum Gasteiger partial charge on any atom is 0.130 e. The Morgan fingerprint density at radius 3 is 3.06 bits per heavy atom. The summed E-state index contributed by atoms with van der Waals surface area (Å²) < 4.78 is 5.62. The van der Waals surface area contributed by atoms with Crippen LogP contribution in [0.4, 0.5) is 5.82 Å². The molecule has 0 bridgehead atoms. The third-order valence-corrected chi connectivity index (χ3v) is 3.07. The molecule has 1 saturated heterocycles. The van der Waals surface area contributed by atoms with Crippen LogP contribution in [0.2, 0.25) is 0 Å². The van der Waals surface area contributed by atoms with Gasteiger partial charge in [-0.15, -0.1) is 0 Å². The maximum absolute atomic E-state index is 8.98. The summed E-state index contributed by atoms with van der Waals surface area (Å²) in [5, 5.41) is 8.98. The van der Waals surface area contributed by atoms with Gasteiger partial charge in [0.15, 0.2) is 0 Å². The average Bonchev–Trinajstić information content (AvgIpc) is 2.38. The molecule has 0 radical (unpaired) electrons. The highest BCUT2D eigenvalue weighted by atomic mass is 16.5. The second kappa shape index (κ2) is 5.34. The Labute approximate surface area is 107 Å². The smallest absolute Gasteiger partial charge is 0.130 e. The van der Waals surface area contributed by atoms with Crippen molar-refractivity contribution in [2.24, 2.45) is 5.73 Å². The van der Waals surface area contributed by atoms with E-state index in [4.69, 9.17) is 15.7 Å². The predicted octanol–water partition coefficient (Wildman–Crippen LogP) is 0.814. The largest absolute Gasteiger partial charge is 0.373 e. The lowest BCUT2D eigenvalue weighted by Crippen LogP contribution is -2.49. The monoisotopic (exact) mass is 246 g/mol. The first kappa shape index (κ1) is 12.8. The first-order chi connectivity index (χ1) is 8.60. The molecule has 2 heterocycles. The van der Waals surface area contributed by atoms with Crippen molar-refractivity contribution < 1.29 is 4.74 Å². The summed E-state index contributed by atoms with van der Waals surface area (Å²) in [5.41, 5.74) is 7.36. The van der Waals surface area contributed by atoms with Gasteiger partial charge in [0.1, 0.15) is 5.82 Å². The van der Waals surface area contributed by atoms with E-state index in [-0.39, 0.29) is 12.1 Å². The number of anilines is 1. The molecule has 0 aromatic carbocycles. The van der Waals surface area contributed by atoms with Crippen molar-refractivity contribution in [3.8, 4) is 6.07 Å². The molecule has 1 aromatic rings. The van der Waals surface area contributed by atoms with Crippen LogP contribution in [-0.4, -0.2) is 36.8 Å². The van der Waals surface area contributed by atoms with Crippen LogP contribution in [0.1, 0.15) is 18.2 Å². The Balaban J connectivity index is 2.21. The molecule has 96 valence electrons. The van der Waals surface area contributed by atoms with Crippen LogP contribution >= 0.6 is 0 Å². The van der Waals surface area contributed by atoms with Gasteiger partial charge in [-0.05, 0) is 26.0 Å². The second-order valence-corrected chi connectivity index (χ2v) is 4.68. The SMILES string of the molecule is Cc1cc(C#N)cc(N2CCOC(C(C)N)C2)n1. The number of aryl methyl sites for hydroxylation is 1. The Morgan fingerprint density at radius 1 is 1.61 bits per heavy atom. The number of hydrogen-bond acceptors (Lipinski definition) is 5. The standard InChI is InChI=1S/C13H18N4O/c1-9-5-11(7-14)6-13(16-9)17-3-4-18-12(8-17)10(2)15/h5-6,10,12H,3-4,8,15H2,1-2H3. The number of nitriles is 1. The summed E-state index contributed by atoms with van der Waals surface area (Å²) in [7, 11) is 0. The number of pyridine rings is 1. The zero-order valence-electron chi connectivity index (χ0n) is 10.8. The molecule has 2 N–H and O–H groups in total. The minimum atomic E-state index is -0.00644. The molecular formula is C13H18N4O. The molecule has 0 saturated carbocycles. The van der Waals surface area contributed by atoms with Crippen molar-refractivity contribution in [3.05, 3.63) is 23.4 Å². The van der Waals surface area contributed by atoms with Crippen molar-refractivity contribution in [2.75, 3.05) is 24.6 Å². The van der Waals surface area contributed by atoms with Gasteiger partial charge in [-0.3, -0.25) is 0 Å². The van der Waals surface area contributed by atoms with E-state index in [1.807, 2.05) is 19.9 Å². The van der Waals surface area contributed by atoms with E-state index in [9.17, 15) is 0 Å². The van der Waals surface area contributed by atoms with E-state index in [2.05, 4.69) is 16.0 Å². The molecule has 1 aromatic heterocycles. The number of nitrogens with zero attached hydrogens (tertiary/aromatic N) is 3. The van der Waals surface area contributed by atoms with Crippen LogP contribution in [0.25, 0.3) is 0 Å². The van der Waals surface area contributed by atoms with Crippen molar-refractivity contribution in [2.45, 2.75) is 26.0 Å². The summed E-state index contributed by atoms with van der Waals surface area (Å²) in [5.74, 6) is 0.834. The minimum absolute atomic E-state index is 0.00644. The molecule has 0 amide bonds. The minimum Gasteiger partial charge on any atom is -0.373 e. The van der Waals surface area contributed by atoms with E-state index in [0.29, 0.717) is 12.2 Å². The van der Waals surface area contributed by atoms with Gasteiger partial charge in [0.05, 0.1) is 24.3 Å². The molecule has 5 heteroatoms. The third kappa shape index (κ3) is 2.78. The lowest BCUT2D eigenvalue weighted by atomic mass is 10.1. The normalized spacial score (nSPS) is 21.4. The fourth-order valence-electron chi connectivity index (χ4n) is 2.08. The van der Waals surface area contributed by atoms with E-state index < -0.39 is 0 Å². The molecule has 0 aliphatic carbocycles. The Bertz CT molecular complexity index is 467. The van der Waals surface area contributed by atoms with Gasteiger partial charge < -0.3 is 15.4 Å². The van der Waals surface area contributed by atoms with Crippen LogP contribution in [0, 0.1) is 18.3 Å². The summed E-state index contributed by atoms with van der Waals surface area (Å²) in [6, 6.07) is 5.75. The second-order valence-electron chi connectivity index (χ2n) is 4.68. The van der Waals surface area contributed by atoms with Crippen LogP contribution < -0.4 is 10.6 Å². The van der Waals surface area contributed by atoms with Gasteiger partial charge in [-0.25, -0.2) is 4.98 Å². The summed E-state index contributed by atoms with van der Waals surface area (Å²) in [6.07, 6.45) is 0.0200. The molecule has 0 spiro atoms. The topological polar surface area (TPSA) is 75.2 Å². The van der Waals surface area contributed by atoms with E-state index in [1.165, 1.54) is 0 Å². The maximum atomic E-state index is 8.98. The zero-order valence-corrected chi connectivity index (χ0v) is 10.8. The van der Waals surface area contributed by atoms with E-state index in [1.54, 1.807) is 6.07 Å². The molecule has 1 aliphatic rings. The molecular weight excluding hydrogens is 228 g/mol. The van der Waals surface area contributed by atoms with Crippen molar-refractivity contribution in [1.29, 1.82) is 5.26 Å². The Kier molecular flexibility index (Phi) is 3.80. The van der Waals surface area contributed by atoms with Crippen LogP contribution in [-0.2, 0) is 4.74 Å². The number of hydrogen-bond donors (Lipinski definition) is 1. The van der Waals surface area contributed by atoms with E-state index in [0.717, 1.165) is 24.6 Å². The highest BCUT2D eigenvalue weighted by molar-refractivity contribution is 5.47. The zero-order chi connectivity index (χ0) is 13.1. The number of nitrogens with two attached hydrogens (primary N) is 1. The highest BCUT2D eigenvalue weighted by Crippen LogP contribution is 2.18. The van der Waals surface area contributed by atoms with Crippen molar-refractivity contribution in [1.82, 2.24) is 4.98 Å². The van der Waals surface area contributed by atoms with Gasteiger partial charge >= 0.3 is 0 Å². The quantitative estimate of drug-likeness (QED) is 0.836. The van der Waals surface area contributed by atoms with Crippen LogP contribution in [0.5, 0.6) is 0 Å². The lowest BCUT2D eigenvalue weighted by molar-refractivity contribution is 0.0273. The molecule has 2 atom stereocenters. The Hall–Kier alpha value is -1.64. The lowest BCUT2D eigenvalue weighted by Gasteiger charge is -2.35. The van der Waals surface area contributed by atoms with Gasteiger partial charge in [-0.2, -0.15) is 5.26 Å². The highest BCUT2D eigenvalue weighted by Gasteiger charge is 2.24. The number of aromatic nitrogens is 1. The molecule has 18 heavy (non-hydrogen) atoms. The molecule has 2 rings (SSSR count). The van der Waals surface area contributed by atoms with Crippen molar-refractivity contribution in [3.63, 3.8) is 0 Å². The van der Waals surface area contributed by atoms with Gasteiger partial charge in [0, 0.05) is 24.8 Å². The average molecular weight is 246 g/mol. The van der Waals surface area contributed by atoms with Crippen molar-refractivity contribution >= 4 is 5.82 Å². The van der Waals surface area contributed by atoms with Gasteiger partial charge in [0.25, 0.3) is 0 Å². The predicted molar refractivity (Wildman–Crippen MR) is 69.3 cm³/mol. The summed E-state index contributed by atoms with van der Waals surface area (Å²) in [6.45, 7) is 5.99. The molecule has 1 aliphatic heterocycles. The number of rotatable bonds is 2. The number of ether oxygens (including phenoxy) is 1. The number of morpholine rings is 1. The molecule has 5 nitrogen and oxygen atoms in total. The fraction of sp³-hybridized carbons (Fsp3) is 0.538. The Morgan fingerprint density at radius 2 is 2.39 bits per heavy atom. The van der Waals surface area contributed by atoms with E-state index >= 15 is 0 Å². The fourth-order valence-corrected chi connectivity index (χ4v) is 2.08. The molecule has 1 fully saturated rings. The third-order valence-electron chi connectivity index (χ3n) is 3.07.